The largest absolute Gasteiger partial charge is 0.457 e. The van der Waals surface area contributed by atoms with E-state index < -0.39 is 0 Å². The van der Waals surface area contributed by atoms with Crippen LogP contribution in [0.1, 0.15) is 13.8 Å². The molecule has 1 N–H and O–H groups in total. The highest BCUT2D eigenvalue weighted by atomic mass is 79.9. The zero-order valence-corrected chi connectivity index (χ0v) is 11.4. The molecule has 0 bridgehead atoms. The van der Waals surface area contributed by atoms with Crippen LogP contribution in [-0.2, 0) is 6.54 Å². The van der Waals surface area contributed by atoms with Gasteiger partial charge in [0.15, 0.2) is 15.3 Å². The van der Waals surface area contributed by atoms with Crippen LogP contribution in [0.15, 0.2) is 21.4 Å². The van der Waals surface area contributed by atoms with E-state index in [0.29, 0.717) is 15.4 Å². The molecule has 0 amide bonds. The maximum atomic E-state index is 5.21. The van der Waals surface area contributed by atoms with E-state index in [1.54, 1.807) is 6.26 Å². The first kappa shape index (κ1) is 11.6. The summed E-state index contributed by atoms with van der Waals surface area (Å²) < 4.78 is 8.49. The van der Waals surface area contributed by atoms with E-state index in [1.165, 1.54) is 0 Å². The summed E-state index contributed by atoms with van der Waals surface area (Å²) in [5, 5.41) is 7.04. The Hall–Kier alpha value is -0.880. The van der Waals surface area contributed by atoms with Crippen LogP contribution in [0.4, 0.5) is 0 Å². The molecule has 0 aromatic carbocycles. The second-order valence-electron chi connectivity index (χ2n) is 3.96. The highest BCUT2D eigenvalue weighted by molar-refractivity contribution is 9.10. The number of hydrogen-bond donors (Lipinski definition) is 1. The van der Waals surface area contributed by atoms with Crippen molar-refractivity contribution in [2.75, 3.05) is 0 Å². The molecule has 4 nitrogen and oxygen atoms in total. The monoisotopic (exact) mass is 301 g/mol. The number of aromatic amines is 1. The first-order valence-corrected chi connectivity index (χ1v) is 6.18. The van der Waals surface area contributed by atoms with E-state index in [-0.39, 0.29) is 0 Å². The van der Waals surface area contributed by atoms with Crippen LogP contribution in [0.5, 0.6) is 0 Å². The quantitative estimate of drug-likeness (QED) is 0.881. The minimum absolute atomic E-state index is 0.508. The van der Waals surface area contributed by atoms with Crippen molar-refractivity contribution in [2.45, 2.75) is 20.4 Å². The van der Waals surface area contributed by atoms with Gasteiger partial charge < -0.3 is 4.42 Å². The van der Waals surface area contributed by atoms with E-state index in [4.69, 9.17) is 16.6 Å². The lowest BCUT2D eigenvalue weighted by Crippen LogP contribution is -2.06. The summed E-state index contributed by atoms with van der Waals surface area (Å²) >= 11 is 8.55. The topological polar surface area (TPSA) is 46.8 Å². The van der Waals surface area contributed by atoms with Crippen LogP contribution in [0.3, 0.4) is 0 Å². The Bertz CT molecular complexity index is 540. The number of aromatic nitrogens is 3. The number of nitrogens with one attached hydrogen (secondary N) is 1. The molecule has 0 aliphatic carbocycles. The third kappa shape index (κ3) is 2.12. The Kier molecular flexibility index (Phi) is 3.30. The van der Waals surface area contributed by atoms with E-state index in [9.17, 15) is 0 Å². The van der Waals surface area contributed by atoms with Gasteiger partial charge in [-0.2, -0.15) is 5.10 Å². The Labute approximate surface area is 107 Å². The Balaban J connectivity index is 2.50. The fourth-order valence-corrected chi connectivity index (χ4v) is 2.14. The summed E-state index contributed by atoms with van der Waals surface area (Å²) in [6, 6.07) is 1.87. The van der Waals surface area contributed by atoms with Crippen molar-refractivity contribution in [1.82, 2.24) is 14.8 Å². The van der Waals surface area contributed by atoms with Crippen LogP contribution in [-0.4, -0.2) is 14.8 Å². The minimum atomic E-state index is 0.508. The highest BCUT2D eigenvalue weighted by Crippen LogP contribution is 2.28. The molecular formula is C10H12BrN3OS. The third-order valence-electron chi connectivity index (χ3n) is 2.16. The molecule has 0 aliphatic heterocycles. The fourth-order valence-electron chi connectivity index (χ4n) is 1.51. The van der Waals surface area contributed by atoms with Gasteiger partial charge >= 0.3 is 0 Å². The summed E-state index contributed by atoms with van der Waals surface area (Å²) in [7, 11) is 0. The van der Waals surface area contributed by atoms with E-state index in [1.807, 2.05) is 10.6 Å². The van der Waals surface area contributed by atoms with E-state index in [0.717, 1.165) is 17.9 Å². The number of halogens is 1. The van der Waals surface area contributed by atoms with Crippen molar-refractivity contribution in [1.29, 1.82) is 0 Å². The molecule has 16 heavy (non-hydrogen) atoms. The van der Waals surface area contributed by atoms with Crippen molar-refractivity contribution in [3.63, 3.8) is 0 Å². The van der Waals surface area contributed by atoms with Gasteiger partial charge in [0.05, 0.1) is 11.8 Å². The van der Waals surface area contributed by atoms with Crippen LogP contribution < -0.4 is 0 Å². The lowest BCUT2D eigenvalue weighted by atomic mass is 10.2. The summed E-state index contributed by atoms with van der Waals surface area (Å²) in [5.41, 5.74) is 0.910. The van der Waals surface area contributed by atoms with Crippen molar-refractivity contribution < 1.29 is 4.42 Å². The standard InChI is InChI=1S/C10H12BrN3OS/c1-6(2)5-14-9(12-13-10(14)16)7-3-4-15-8(7)11/h3-4,6H,5H2,1-2H3,(H,13,16). The summed E-state index contributed by atoms with van der Waals surface area (Å²) in [4.78, 5) is 0. The average Bonchev–Trinajstić information content (AvgIpc) is 2.75. The molecule has 0 unspecified atom stereocenters. The number of nitrogens with zero attached hydrogens (tertiary/aromatic N) is 2. The maximum Gasteiger partial charge on any atom is 0.195 e. The van der Waals surface area contributed by atoms with Gasteiger partial charge in [0.2, 0.25) is 0 Å². The van der Waals surface area contributed by atoms with Crippen molar-refractivity contribution in [2.24, 2.45) is 5.92 Å². The molecule has 0 radical (unpaired) electrons. The van der Waals surface area contributed by atoms with Gasteiger partial charge in [-0.05, 0) is 40.1 Å². The maximum absolute atomic E-state index is 5.21. The molecule has 86 valence electrons. The SMILES string of the molecule is CC(C)Cn1c(-c2ccoc2Br)n[nH]c1=S. The Morgan fingerprint density at radius 2 is 2.38 bits per heavy atom. The number of hydrogen-bond acceptors (Lipinski definition) is 3. The zero-order valence-electron chi connectivity index (χ0n) is 9.03. The highest BCUT2D eigenvalue weighted by Gasteiger charge is 2.14. The van der Waals surface area contributed by atoms with E-state index in [2.05, 4.69) is 40.0 Å². The first-order valence-electron chi connectivity index (χ1n) is 4.98. The van der Waals surface area contributed by atoms with Crippen LogP contribution >= 0.6 is 28.1 Å². The average molecular weight is 302 g/mol. The second kappa shape index (κ2) is 4.55. The van der Waals surface area contributed by atoms with Crippen LogP contribution in [0, 0.1) is 10.7 Å². The molecule has 6 heteroatoms. The minimum Gasteiger partial charge on any atom is -0.457 e. The zero-order chi connectivity index (χ0) is 11.7. The summed E-state index contributed by atoms with van der Waals surface area (Å²) in [6.45, 7) is 5.12. The number of furan rings is 1. The normalized spacial score (nSPS) is 11.2. The molecule has 0 saturated heterocycles. The van der Waals surface area contributed by atoms with Crippen LogP contribution in [0.2, 0.25) is 0 Å². The number of rotatable bonds is 3. The first-order chi connectivity index (χ1) is 7.59. The van der Waals surface area contributed by atoms with E-state index >= 15 is 0 Å². The van der Waals surface area contributed by atoms with Gasteiger partial charge in [0.1, 0.15) is 0 Å². The Morgan fingerprint density at radius 3 is 2.94 bits per heavy atom. The third-order valence-corrected chi connectivity index (χ3v) is 3.09. The van der Waals surface area contributed by atoms with Gasteiger partial charge in [0.25, 0.3) is 0 Å². The van der Waals surface area contributed by atoms with Gasteiger partial charge in [-0.25, -0.2) is 0 Å². The predicted octanol–water partition coefficient (Wildman–Crippen LogP) is 3.62. The molecule has 2 aromatic rings. The predicted molar refractivity (Wildman–Crippen MR) is 67.7 cm³/mol. The van der Waals surface area contributed by atoms with Crippen LogP contribution in [0.25, 0.3) is 11.4 Å². The fraction of sp³-hybridized carbons (Fsp3) is 0.400. The molecule has 2 aromatic heterocycles. The van der Waals surface area contributed by atoms with Crippen molar-refractivity contribution >= 4 is 28.1 Å². The molecule has 0 atom stereocenters. The van der Waals surface area contributed by atoms with Gasteiger partial charge in [-0.15, -0.1) is 0 Å². The second-order valence-corrected chi connectivity index (χ2v) is 5.07. The lowest BCUT2D eigenvalue weighted by molar-refractivity contribution is 0.519. The van der Waals surface area contributed by atoms with Gasteiger partial charge in [-0.3, -0.25) is 9.67 Å². The molecule has 0 fully saturated rings. The Morgan fingerprint density at radius 1 is 1.62 bits per heavy atom. The molecular weight excluding hydrogens is 290 g/mol. The molecule has 0 aliphatic rings. The molecule has 0 spiro atoms. The molecule has 2 heterocycles. The molecule has 2 rings (SSSR count). The number of H-pyrrole nitrogens is 1. The van der Waals surface area contributed by atoms with Gasteiger partial charge in [0, 0.05) is 6.54 Å². The van der Waals surface area contributed by atoms with Crippen molar-refractivity contribution in [3.05, 3.63) is 21.8 Å². The lowest BCUT2D eigenvalue weighted by Gasteiger charge is -2.08. The van der Waals surface area contributed by atoms with Crippen molar-refractivity contribution in [3.8, 4) is 11.4 Å². The smallest absolute Gasteiger partial charge is 0.195 e. The summed E-state index contributed by atoms with van der Waals surface area (Å²) in [6.07, 6.45) is 1.62. The summed E-state index contributed by atoms with van der Waals surface area (Å²) in [5.74, 6) is 1.31. The molecule has 0 saturated carbocycles. The van der Waals surface area contributed by atoms with Gasteiger partial charge in [-0.1, -0.05) is 13.8 Å².